The molecule has 1 N–H and O–H groups in total. The highest BCUT2D eigenvalue weighted by Crippen LogP contribution is 2.37. The third-order valence-corrected chi connectivity index (χ3v) is 7.81. The van der Waals surface area contributed by atoms with E-state index in [1.165, 1.54) is 21.6 Å². The molecule has 1 atom stereocenters. The zero-order valence-electron chi connectivity index (χ0n) is 19.3. The maximum absolute atomic E-state index is 13.5. The molecule has 0 radical (unpaired) electrons. The highest BCUT2D eigenvalue weighted by atomic mass is 16.2. The number of rotatable bonds is 5. The average molecular weight is 436 g/mol. The number of imide groups is 1. The molecule has 2 saturated heterocycles. The lowest BCUT2D eigenvalue weighted by atomic mass is 9.78. The first kappa shape index (κ1) is 21.2. The molecule has 5 rings (SSSR count). The van der Waals surface area contributed by atoms with Crippen molar-refractivity contribution < 1.29 is 9.59 Å². The quantitative estimate of drug-likeness (QED) is 0.733. The van der Waals surface area contributed by atoms with Gasteiger partial charge in [-0.3, -0.25) is 19.3 Å². The van der Waals surface area contributed by atoms with Crippen LogP contribution in [0.3, 0.4) is 0 Å². The molecule has 2 aromatic rings. The Hall–Kier alpha value is -2.67. The standard InChI is InChI=1S/C25H33N5O2/c1-4-29-16-20(17(2)27-29)15-28-11-9-21(10-12-28)25(3)23(31)30(24(32)26-25)22-13-18-7-5-6-8-19(18)14-22/h5-8,16,21-22H,4,9-15H2,1-3H3,(H,26,32)/t25-/m1/s1. The number of carbonyl (C=O) groups is 2. The molecule has 7 heteroatoms. The van der Waals surface area contributed by atoms with Gasteiger partial charge in [0.05, 0.1) is 5.69 Å². The Balaban J connectivity index is 1.23. The minimum atomic E-state index is -0.805. The van der Waals surface area contributed by atoms with Gasteiger partial charge in [-0.05, 0) is 76.6 Å². The molecule has 1 aromatic carbocycles. The average Bonchev–Trinajstić information content (AvgIpc) is 3.43. The summed E-state index contributed by atoms with van der Waals surface area (Å²) >= 11 is 0. The number of amides is 3. The van der Waals surface area contributed by atoms with Gasteiger partial charge in [0.15, 0.2) is 0 Å². The summed E-state index contributed by atoms with van der Waals surface area (Å²) in [4.78, 5) is 30.4. The molecule has 3 amide bonds. The molecule has 170 valence electrons. The summed E-state index contributed by atoms with van der Waals surface area (Å²) in [5.74, 6) is 0.113. The highest BCUT2D eigenvalue weighted by Gasteiger charge is 2.55. The van der Waals surface area contributed by atoms with E-state index in [0.29, 0.717) is 0 Å². The van der Waals surface area contributed by atoms with E-state index >= 15 is 0 Å². The molecule has 2 fully saturated rings. The largest absolute Gasteiger partial charge is 0.325 e. The molecular weight excluding hydrogens is 402 g/mol. The van der Waals surface area contributed by atoms with Crippen LogP contribution in [0.1, 0.15) is 49.1 Å². The molecule has 0 saturated carbocycles. The normalized spacial score (nSPS) is 24.9. The number of piperidine rings is 1. The minimum absolute atomic E-state index is 0.0428. The summed E-state index contributed by atoms with van der Waals surface area (Å²) in [5, 5.41) is 7.65. The molecule has 32 heavy (non-hydrogen) atoms. The van der Waals surface area contributed by atoms with Crippen LogP contribution in [0, 0.1) is 12.8 Å². The molecule has 3 heterocycles. The van der Waals surface area contributed by atoms with Gasteiger partial charge >= 0.3 is 6.03 Å². The number of likely N-dealkylation sites (tertiary alicyclic amines) is 1. The maximum atomic E-state index is 13.5. The van der Waals surface area contributed by atoms with Crippen LogP contribution in [0.2, 0.25) is 0 Å². The fraction of sp³-hybridized carbons (Fsp3) is 0.560. The van der Waals surface area contributed by atoms with Gasteiger partial charge in [0.25, 0.3) is 5.91 Å². The van der Waals surface area contributed by atoms with E-state index in [-0.39, 0.29) is 23.9 Å². The zero-order chi connectivity index (χ0) is 22.5. The number of nitrogens with zero attached hydrogens (tertiary/aromatic N) is 4. The van der Waals surface area contributed by atoms with Crippen LogP contribution in [0.5, 0.6) is 0 Å². The Labute approximate surface area is 189 Å². The fourth-order valence-corrected chi connectivity index (χ4v) is 5.79. The molecule has 3 aliphatic rings. The zero-order valence-corrected chi connectivity index (χ0v) is 19.3. The Bertz CT molecular complexity index is 1010. The first-order valence-corrected chi connectivity index (χ1v) is 11.9. The van der Waals surface area contributed by atoms with Gasteiger partial charge in [0.1, 0.15) is 5.54 Å². The summed E-state index contributed by atoms with van der Waals surface area (Å²) in [7, 11) is 0. The van der Waals surface area contributed by atoms with Crippen molar-refractivity contribution >= 4 is 11.9 Å². The predicted molar refractivity (Wildman–Crippen MR) is 122 cm³/mol. The number of nitrogens with one attached hydrogen (secondary N) is 1. The second kappa shape index (κ2) is 8.03. The van der Waals surface area contributed by atoms with Crippen molar-refractivity contribution in [3.05, 3.63) is 52.8 Å². The van der Waals surface area contributed by atoms with E-state index < -0.39 is 5.54 Å². The number of aromatic nitrogens is 2. The Kier molecular flexibility index (Phi) is 5.32. The smallest absolute Gasteiger partial charge is 0.323 e. The third-order valence-electron chi connectivity index (χ3n) is 7.81. The van der Waals surface area contributed by atoms with Crippen molar-refractivity contribution in [2.45, 2.75) is 71.1 Å². The number of fused-ring (bicyclic) bond motifs is 1. The molecule has 2 aliphatic heterocycles. The van der Waals surface area contributed by atoms with Crippen molar-refractivity contribution in [1.82, 2.24) is 24.9 Å². The number of carbonyl (C=O) groups excluding carboxylic acids is 2. The van der Waals surface area contributed by atoms with Crippen LogP contribution < -0.4 is 5.32 Å². The highest BCUT2D eigenvalue weighted by molar-refractivity contribution is 6.07. The van der Waals surface area contributed by atoms with E-state index in [2.05, 4.69) is 47.5 Å². The van der Waals surface area contributed by atoms with Crippen LogP contribution in [-0.4, -0.2) is 56.2 Å². The van der Waals surface area contributed by atoms with Gasteiger partial charge in [-0.25, -0.2) is 4.79 Å². The van der Waals surface area contributed by atoms with Crippen molar-refractivity contribution in [3.63, 3.8) is 0 Å². The van der Waals surface area contributed by atoms with E-state index in [9.17, 15) is 9.59 Å². The molecular formula is C25H33N5O2. The van der Waals surface area contributed by atoms with Crippen LogP contribution in [0.4, 0.5) is 4.79 Å². The lowest BCUT2D eigenvalue weighted by Gasteiger charge is -2.39. The van der Waals surface area contributed by atoms with Crippen LogP contribution >= 0.6 is 0 Å². The van der Waals surface area contributed by atoms with Crippen molar-refractivity contribution in [1.29, 1.82) is 0 Å². The summed E-state index contributed by atoms with van der Waals surface area (Å²) in [6, 6.07) is 7.98. The van der Waals surface area contributed by atoms with E-state index in [0.717, 1.165) is 57.6 Å². The van der Waals surface area contributed by atoms with Crippen molar-refractivity contribution in [2.24, 2.45) is 5.92 Å². The molecule has 7 nitrogen and oxygen atoms in total. The van der Waals surface area contributed by atoms with E-state index in [1.54, 1.807) is 0 Å². The fourth-order valence-electron chi connectivity index (χ4n) is 5.79. The van der Waals surface area contributed by atoms with Crippen molar-refractivity contribution in [3.8, 4) is 0 Å². The second-order valence-corrected chi connectivity index (χ2v) is 9.78. The number of benzene rings is 1. The molecule has 0 bridgehead atoms. The molecule has 1 aromatic heterocycles. The van der Waals surface area contributed by atoms with Gasteiger partial charge in [-0.15, -0.1) is 0 Å². The van der Waals surface area contributed by atoms with Crippen LogP contribution in [0.25, 0.3) is 0 Å². The minimum Gasteiger partial charge on any atom is -0.323 e. The Morgan fingerprint density at radius 3 is 2.38 bits per heavy atom. The number of hydrogen-bond acceptors (Lipinski definition) is 4. The van der Waals surface area contributed by atoms with Crippen molar-refractivity contribution in [2.75, 3.05) is 13.1 Å². The number of aryl methyl sites for hydroxylation is 2. The predicted octanol–water partition coefficient (Wildman–Crippen LogP) is 2.90. The Morgan fingerprint density at radius 2 is 1.78 bits per heavy atom. The summed E-state index contributed by atoms with van der Waals surface area (Å²) in [5.41, 5.74) is 4.06. The lowest BCUT2D eigenvalue weighted by molar-refractivity contribution is -0.134. The first-order valence-electron chi connectivity index (χ1n) is 11.9. The number of hydrogen-bond donors (Lipinski definition) is 1. The van der Waals surface area contributed by atoms with Crippen LogP contribution in [0.15, 0.2) is 30.5 Å². The third kappa shape index (κ3) is 3.52. The first-order chi connectivity index (χ1) is 15.4. The molecule has 0 spiro atoms. The van der Waals surface area contributed by atoms with Gasteiger partial charge in [0.2, 0.25) is 0 Å². The monoisotopic (exact) mass is 435 g/mol. The summed E-state index contributed by atoms with van der Waals surface area (Å²) in [6.45, 7) is 9.73. The lowest BCUT2D eigenvalue weighted by Crippen LogP contribution is -2.54. The van der Waals surface area contributed by atoms with E-state index in [4.69, 9.17) is 0 Å². The Morgan fingerprint density at radius 1 is 1.12 bits per heavy atom. The van der Waals surface area contributed by atoms with E-state index in [1.807, 2.05) is 23.7 Å². The van der Waals surface area contributed by atoms with Crippen LogP contribution in [-0.2, 0) is 30.7 Å². The maximum Gasteiger partial charge on any atom is 0.325 e. The SMILES string of the molecule is CCn1cc(CN2CCC([C@@]3(C)NC(=O)N(C4Cc5ccccc5C4)C3=O)CC2)c(C)n1. The second-order valence-electron chi connectivity index (χ2n) is 9.78. The van der Waals surface area contributed by atoms with Gasteiger partial charge in [0, 0.05) is 30.9 Å². The van der Waals surface area contributed by atoms with Gasteiger partial charge in [-0.2, -0.15) is 5.10 Å². The topological polar surface area (TPSA) is 70.5 Å². The molecule has 0 unspecified atom stereocenters. The summed E-state index contributed by atoms with van der Waals surface area (Å²) in [6.07, 6.45) is 5.47. The summed E-state index contributed by atoms with van der Waals surface area (Å²) < 4.78 is 1.99. The van der Waals surface area contributed by atoms with Gasteiger partial charge < -0.3 is 5.32 Å². The number of urea groups is 1. The van der Waals surface area contributed by atoms with Gasteiger partial charge in [-0.1, -0.05) is 24.3 Å². The molecule has 1 aliphatic carbocycles.